The van der Waals surface area contributed by atoms with Gasteiger partial charge in [0.2, 0.25) is 5.91 Å². The number of rotatable bonds is 5. The van der Waals surface area contributed by atoms with Gasteiger partial charge in [-0.25, -0.2) is 4.98 Å². The van der Waals surface area contributed by atoms with Crippen LogP contribution in [0, 0.1) is 0 Å². The van der Waals surface area contributed by atoms with E-state index in [9.17, 15) is 4.79 Å². The van der Waals surface area contributed by atoms with Crippen LogP contribution in [-0.2, 0) is 17.6 Å². The molecule has 0 unspecified atom stereocenters. The lowest BCUT2D eigenvalue weighted by Gasteiger charge is -2.03. The van der Waals surface area contributed by atoms with Crippen LogP contribution < -0.4 is 5.32 Å². The van der Waals surface area contributed by atoms with Crippen LogP contribution in [0.1, 0.15) is 16.0 Å². The quantitative estimate of drug-likeness (QED) is 0.438. The van der Waals surface area contributed by atoms with Gasteiger partial charge < -0.3 is 10.3 Å². The van der Waals surface area contributed by atoms with Crippen LogP contribution in [0.3, 0.4) is 0 Å². The summed E-state index contributed by atoms with van der Waals surface area (Å²) in [5.41, 5.74) is 2.92. The molecule has 0 aliphatic rings. The fourth-order valence-corrected chi connectivity index (χ4v) is 4.16. The smallest absolute Gasteiger partial charge is 0.230 e. The molecule has 27 heavy (non-hydrogen) atoms. The summed E-state index contributed by atoms with van der Waals surface area (Å²) in [5, 5.41) is 5.82. The second-order valence-electron chi connectivity index (χ2n) is 6.13. The first-order valence-electron chi connectivity index (χ1n) is 8.32. The average Bonchev–Trinajstić information content (AvgIpc) is 3.25. The van der Waals surface area contributed by atoms with Crippen LogP contribution in [0.5, 0.6) is 0 Å². The first kappa shape index (κ1) is 18.0. The number of benzene rings is 2. The van der Waals surface area contributed by atoms with E-state index >= 15 is 0 Å². The Morgan fingerprint density at radius 1 is 1.15 bits per heavy atom. The minimum atomic E-state index is -0.0959. The van der Waals surface area contributed by atoms with E-state index in [1.807, 2.05) is 36.5 Å². The Hall–Kier alpha value is -2.34. The maximum Gasteiger partial charge on any atom is 0.230 e. The van der Waals surface area contributed by atoms with Crippen LogP contribution in [-0.4, -0.2) is 15.9 Å². The van der Waals surface area contributed by atoms with E-state index in [-0.39, 0.29) is 5.91 Å². The molecule has 0 aliphatic carbocycles. The van der Waals surface area contributed by atoms with Gasteiger partial charge in [0.25, 0.3) is 0 Å². The Morgan fingerprint density at radius 3 is 2.89 bits per heavy atom. The molecule has 7 heteroatoms. The molecule has 136 valence electrons. The maximum absolute atomic E-state index is 12.4. The van der Waals surface area contributed by atoms with E-state index in [1.54, 1.807) is 18.3 Å². The van der Waals surface area contributed by atoms with E-state index in [2.05, 4.69) is 15.3 Å². The molecule has 0 radical (unpaired) electrons. The lowest BCUT2D eigenvalue weighted by atomic mass is 10.1. The third-order valence-corrected chi connectivity index (χ3v) is 5.71. The summed E-state index contributed by atoms with van der Waals surface area (Å²) >= 11 is 13.7. The largest absolute Gasteiger partial charge is 0.361 e. The Morgan fingerprint density at radius 2 is 2.00 bits per heavy atom. The third-order valence-electron chi connectivity index (χ3n) is 4.20. The van der Waals surface area contributed by atoms with Gasteiger partial charge in [-0.1, -0.05) is 41.4 Å². The van der Waals surface area contributed by atoms with E-state index in [0.29, 0.717) is 28.0 Å². The molecule has 1 amide bonds. The number of amides is 1. The Kier molecular flexibility index (Phi) is 5.16. The number of para-hydroxylation sites is 1. The van der Waals surface area contributed by atoms with Crippen molar-refractivity contribution in [3.05, 3.63) is 80.9 Å². The van der Waals surface area contributed by atoms with Gasteiger partial charge in [-0.05, 0) is 35.4 Å². The number of nitrogens with zero attached hydrogens (tertiary/aromatic N) is 1. The number of thiazole rings is 1. The van der Waals surface area contributed by atoms with Crippen molar-refractivity contribution in [1.82, 2.24) is 9.97 Å². The van der Waals surface area contributed by atoms with Crippen LogP contribution in [0.2, 0.25) is 10.0 Å². The summed E-state index contributed by atoms with van der Waals surface area (Å²) < 4.78 is 0. The highest BCUT2D eigenvalue weighted by Gasteiger charge is 2.12. The summed E-state index contributed by atoms with van der Waals surface area (Å²) in [7, 11) is 0. The van der Waals surface area contributed by atoms with Crippen molar-refractivity contribution in [1.29, 1.82) is 0 Å². The highest BCUT2D eigenvalue weighted by molar-refractivity contribution is 7.15. The number of hydrogen-bond acceptors (Lipinski definition) is 3. The summed E-state index contributed by atoms with van der Waals surface area (Å²) in [5.74, 6) is -0.0959. The van der Waals surface area contributed by atoms with E-state index in [4.69, 9.17) is 23.2 Å². The zero-order chi connectivity index (χ0) is 18.8. The Bertz CT molecular complexity index is 1120. The SMILES string of the molecule is O=C(Cc1c[nH]c2ccccc12)Nc1ncc(Cc2cc(Cl)ccc2Cl)s1. The summed E-state index contributed by atoms with van der Waals surface area (Å²) in [4.78, 5) is 20.9. The zero-order valence-electron chi connectivity index (χ0n) is 14.1. The van der Waals surface area contributed by atoms with Crippen LogP contribution in [0.25, 0.3) is 10.9 Å². The molecular formula is C20H15Cl2N3OS. The molecule has 2 aromatic heterocycles. The number of hydrogen-bond donors (Lipinski definition) is 2. The average molecular weight is 416 g/mol. The van der Waals surface area contributed by atoms with Gasteiger partial charge in [0, 0.05) is 44.6 Å². The summed E-state index contributed by atoms with van der Waals surface area (Å²) in [6.45, 7) is 0. The van der Waals surface area contributed by atoms with E-state index in [1.165, 1.54) is 11.3 Å². The number of carbonyl (C=O) groups is 1. The molecule has 0 atom stereocenters. The molecule has 0 spiro atoms. The molecule has 2 aromatic carbocycles. The lowest BCUT2D eigenvalue weighted by molar-refractivity contribution is -0.115. The van der Waals surface area contributed by atoms with Crippen molar-refractivity contribution in [3.8, 4) is 0 Å². The second kappa shape index (κ2) is 7.72. The number of fused-ring (bicyclic) bond motifs is 1. The number of aromatic amines is 1. The van der Waals surface area contributed by atoms with Gasteiger partial charge in [0.15, 0.2) is 5.13 Å². The van der Waals surface area contributed by atoms with Gasteiger partial charge in [-0.15, -0.1) is 11.3 Å². The number of halogens is 2. The zero-order valence-corrected chi connectivity index (χ0v) is 16.5. The predicted molar refractivity (Wildman–Crippen MR) is 112 cm³/mol. The van der Waals surface area contributed by atoms with Gasteiger partial charge in [0.1, 0.15) is 0 Å². The fourth-order valence-electron chi connectivity index (χ4n) is 2.93. The molecule has 4 aromatic rings. The molecule has 0 saturated carbocycles. The molecule has 0 bridgehead atoms. The van der Waals surface area contributed by atoms with Gasteiger partial charge in [-0.3, -0.25) is 4.79 Å². The van der Waals surface area contributed by atoms with Gasteiger partial charge in [0.05, 0.1) is 6.42 Å². The Labute approximate surface area is 170 Å². The fraction of sp³-hybridized carbons (Fsp3) is 0.100. The minimum Gasteiger partial charge on any atom is -0.361 e. The van der Waals surface area contributed by atoms with Crippen molar-refractivity contribution in [3.63, 3.8) is 0 Å². The normalized spacial score (nSPS) is 11.0. The molecule has 4 nitrogen and oxygen atoms in total. The van der Waals surface area contributed by atoms with Gasteiger partial charge >= 0.3 is 0 Å². The molecule has 0 saturated heterocycles. The highest BCUT2D eigenvalue weighted by Crippen LogP contribution is 2.27. The van der Waals surface area contributed by atoms with Crippen molar-refractivity contribution >= 4 is 56.5 Å². The first-order valence-corrected chi connectivity index (χ1v) is 9.89. The lowest BCUT2D eigenvalue weighted by Crippen LogP contribution is -2.13. The second-order valence-corrected chi connectivity index (χ2v) is 8.09. The van der Waals surface area contributed by atoms with Crippen molar-refractivity contribution in [2.45, 2.75) is 12.8 Å². The Balaban J connectivity index is 1.43. The van der Waals surface area contributed by atoms with Crippen LogP contribution in [0.4, 0.5) is 5.13 Å². The summed E-state index contributed by atoms with van der Waals surface area (Å²) in [6.07, 6.45) is 4.54. The molecule has 2 heterocycles. The summed E-state index contributed by atoms with van der Waals surface area (Å²) in [6, 6.07) is 13.3. The minimum absolute atomic E-state index is 0.0959. The molecule has 4 rings (SSSR count). The number of nitrogens with one attached hydrogen (secondary N) is 2. The molecule has 2 N–H and O–H groups in total. The topological polar surface area (TPSA) is 57.8 Å². The van der Waals surface area contributed by atoms with Crippen LogP contribution >= 0.6 is 34.5 Å². The number of anilines is 1. The van der Waals surface area contributed by atoms with E-state index < -0.39 is 0 Å². The number of H-pyrrole nitrogens is 1. The van der Waals surface area contributed by atoms with Gasteiger partial charge in [-0.2, -0.15) is 0 Å². The third kappa shape index (κ3) is 4.16. The molecular weight excluding hydrogens is 401 g/mol. The molecule has 0 aliphatic heterocycles. The van der Waals surface area contributed by atoms with Crippen molar-refractivity contribution < 1.29 is 4.79 Å². The van der Waals surface area contributed by atoms with Crippen molar-refractivity contribution in [2.24, 2.45) is 0 Å². The first-order chi connectivity index (χ1) is 13.1. The number of carbonyl (C=O) groups excluding carboxylic acids is 1. The molecule has 0 fully saturated rings. The van der Waals surface area contributed by atoms with Crippen molar-refractivity contribution in [2.75, 3.05) is 5.32 Å². The predicted octanol–water partition coefficient (Wildman–Crippen LogP) is 5.70. The maximum atomic E-state index is 12.4. The van der Waals surface area contributed by atoms with E-state index in [0.717, 1.165) is 26.9 Å². The monoisotopic (exact) mass is 415 g/mol. The highest BCUT2D eigenvalue weighted by atomic mass is 35.5. The number of aromatic nitrogens is 2. The standard InChI is InChI=1S/C20H15Cl2N3OS/c21-14-5-6-17(22)12(7-14)8-15-11-24-20(27-15)25-19(26)9-13-10-23-18-4-2-1-3-16(13)18/h1-7,10-11,23H,8-9H2,(H,24,25,26). The van der Waals surface area contributed by atoms with Crippen LogP contribution in [0.15, 0.2) is 54.9 Å².